The van der Waals surface area contributed by atoms with Crippen LogP contribution in [-0.4, -0.2) is 76.2 Å². The van der Waals surface area contributed by atoms with E-state index in [4.69, 9.17) is 15.2 Å². The zero-order chi connectivity index (χ0) is 34.8. The van der Waals surface area contributed by atoms with Gasteiger partial charge in [-0.1, -0.05) is 54.1 Å². The van der Waals surface area contributed by atoms with Gasteiger partial charge in [0.15, 0.2) is 0 Å². The van der Waals surface area contributed by atoms with Gasteiger partial charge in [0.25, 0.3) is 0 Å². The molecule has 4 amide bonds. The van der Waals surface area contributed by atoms with Crippen LogP contribution < -0.4 is 16.4 Å². The Morgan fingerprint density at radius 2 is 1.48 bits per heavy atom. The highest BCUT2D eigenvalue weighted by Crippen LogP contribution is 2.27. The summed E-state index contributed by atoms with van der Waals surface area (Å²) in [4.78, 5) is 67.6. The number of carbonyl (C=O) groups is 5. The van der Waals surface area contributed by atoms with E-state index in [0.717, 1.165) is 16.0 Å². The quantitative estimate of drug-likeness (QED) is 0.242. The highest BCUT2D eigenvalue weighted by atomic mass is 16.6. The predicted octanol–water partition coefficient (Wildman–Crippen LogP) is 3.00. The molecule has 12 heteroatoms. The molecule has 0 heterocycles. The number of nitrogens with zero attached hydrogens (tertiary/aromatic N) is 1. The number of primary amides is 1. The summed E-state index contributed by atoms with van der Waals surface area (Å²) in [6.07, 6.45) is -1.48. The van der Waals surface area contributed by atoms with Gasteiger partial charge in [-0.05, 0) is 72.1 Å². The molecule has 252 valence electrons. The number of hydrogen-bond acceptors (Lipinski definition) is 8. The first-order chi connectivity index (χ1) is 21.3. The van der Waals surface area contributed by atoms with E-state index in [9.17, 15) is 29.1 Å². The second kappa shape index (κ2) is 16.2. The van der Waals surface area contributed by atoms with Gasteiger partial charge in [-0.3, -0.25) is 14.4 Å². The molecule has 2 rings (SSSR count). The Hall–Kier alpha value is -4.45. The van der Waals surface area contributed by atoms with E-state index in [1.165, 1.54) is 0 Å². The molecule has 0 aliphatic carbocycles. The molecule has 3 unspecified atom stereocenters. The van der Waals surface area contributed by atoms with E-state index in [2.05, 4.69) is 10.6 Å². The van der Waals surface area contributed by atoms with Gasteiger partial charge >= 0.3 is 12.1 Å². The lowest BCUT2D eigenvalue weighted by Crippen LogP contribution is -2.56. The summed E-state index contributed by atoms with van der Waals surface area (Å²) < 4.78 is 10.9. The van der Waals surface area contributed by atoms with E-state index < -0.39 is 72.1 Å². The smallest absolute Gasteiger partial charge is 0.408 e. The van der Waals surface area contributed by atoms with E-state index in [0.29, 0.717) is 11.1 Å². The van der Waals surface area contributed by atoms with Gasteiger partial charge in [0.1, 0.15) is 29.3 Å². The standard InChI is InChI=1S/C34H48N4O8/c1-21-14-15-24(22(2)18-21)28(29(41)36-26(31(43)45-33(3,4)5)19-23-12-10-9-11-13-23)38(16-17-39)30(42)25(20-27(35)40)37-32(44)46-34(6,7)8/h9-15,18,25-26,28,39H,16-17,19-20H2,1-8H3,(H2,35,40)(H,36,41)(H,37,44). The number of rotatable bonds is 13. The molecule has 2 aromatic carbocycles. The molecule has 46 heavy (non-hydrogen) atoms. The van der Waals surface area contributed by atoms with Crippen molar-refractivity contribution in [3.05, 3.63) is 70.8 Å². The van der Waals surface area contributed by atoms with Crippen molar-refractivity contribution in [3.63, 3.8) is 0 Å². The number of carbonyl (C=O) groups excluding carboxylic acids is 5. The van der Waals surface area contributed by atoms with Gasteiger partial charge < -0.3 is 35.8 Å². The minimum absolute atomic E-state index is 0.0968. The van der Waals surface area contributed by atoms with Crippen LogP contribution in [0.1, 0.15) is 76.3 Å². The second-order valence-corrected chi connectivity index (χ2v) is 13.2. The molecule has 0 fully saturated rings. The fourth-order valence-corrected chi connectivity index (χ4v) is 4.78. The number of nitrogens with two attached hydrogens (primary N) is 1. The summed E-state index contributed by atoms with van der Waals surface area (Å²) in [5.74, 6) is -3.17. The molecule has 0 saturated carbocycles. The number of benzene rings is 2. The first-order valence-corrected chi connectivity index (χ1v) is 15.1. The lowest BCUT2D eigenvalue weighted by Gasteiger charge is -2.35. The predicted molar refractivity (Wildman–Crippen MR) is 172 cm³/mol. The zero-order valence-electron chi connectivity index (χ0n) is 28.0. The fraction of sp³-hybridized carbons (Fsp3) is 0.500. The SMILES string of the molecule is Cc1ccc(C(C(=O)NC(Cc2ccccc2)C(=O)OC(C)(C)C)N(CCO)C(=O)C(CC(N)=O)NC(=O)OC(C)(C)C)c(C)c1. The summed E-state index contributed by atoms with van der Waals surface area (Å²) in [5.41, 5.74) is 6.39. The number of nitrogens with one attached hydrogen (secondary N) is 2. The van der Waals surface area contributed by atoms with Crippen molar-refractivity contribution in [1.29, 1.82) is 0 Å². The number of aryl methyl sites for hydroxylation is 2. The van der Waals surface area contributed by atoms with Gasteiger partial charge in [0.2, 0.25) is 17.7 Å². The van der Waals surface area contributed by atoms with Crippen molar-refractivity contribution in [1.82, 2.24) is 15.5 Å². The van der Waals surface area contributed by atoms with Crippen LogP contribution in [0.3, 0.4) is 0 Å². The molecule has 0 radical (unpaired) electrons. The number of hydrogen-bond donors (Lipinski definition) is 4. The Kier molecular flexibility index (Phi) is 13.3. The van der Waals surface area contributed by atoms with Crippen molar-refractivity contribution in [2.45, 2.75) is 97.6 Å². The molecule has 0 aromatic heterocycles. The van der Waals surface area contributed by atoms with E-state index >= 15 is 0 Å². The average molecular weight is 641 g/mol. The zero-order valence-corrected chi connectivity index (χ0v) is 28.0. The molecule has 0 saturated heterocycles. The molecule has 0 aliphatic rings. The van der Waals surface area contributed by atoms with Crippen LogP contribution >= 0.6 is 0 Å². The van der Waals surface area contributed by atoms with E-state index in [1.807, 2.05) is 31.2 Å². The van der Waals surface area contributed by atoms with Crippen LogP contribution in [0.4, 0.5) is 4.79 Å². The van der Waals surface area contributed by atoms with Gasteiger partial charge in [-0.25, -0.2) is 9.59 Å². The highest BCUT2D eigenvalue weighted by Gasteiger charge is 2.39. The first kappa shape index (κ1) is 37.7. The third-order valence-electron chi connectivity index (χ3n) is 6.59. The van der Waals surface area contributed by atoms with Crippen molar-refractivity contribution in [2.24, 2.45) is 5.73 Å². The average Bonchev–Trinajstić information content (AvgIpc) is 2.91. The second-order valence-electron chi connectivity index (χ2n) is 13.2. The largest absolute Gasteiger partial charge is 0.458 e. The molecular weight excluding hydrogens is 592 g/mol. The maximum atomic E-state index is 14.3. The number of amides is 4. The number of ether oxygens (including phenoxy) is 2. The molecular formula is C34H48N4O8. The topological polar surface area (TPSA) is 177 Å². The Morgan fingerprint density at radius 1 is 0.870 bits per heavy atom. The summed E-state index contributed by atoms with van der Waals surface area (Å²) in [6, 6.07) is 10.3. The van der Waals surface area contributed by atoms with Gasteiger partial charge in [-0.15, -0.1) is 0 Å². The Morgan fingerprint density at radius 3 is 2.00 bits per heavy atom. The fourth-order valence-electron chi connectivity index (χ4n) is 4.78. The third-order valence-corrected chi connectivity index (χ3v) is 6.59. The van der Waals surface area contributed by atoms with Gasteiger partial charge in [0.05, 0.1) is 13.0 Å². The molecule has 2 aromatic rings. The minimum Gasteiger partial charge on any atom is -0.458 e. The maximum Gasteiger partial charge on any atom is 0.408 e. The van der Waals surface area contributed by atoms with Gasteiger partial charge in [-0.2, -0.15) is 0 Å². The van der Waals surface area contributed by atoms with Crippen LogP contribution in [0.25, 0.3) is 0 Å². The van der Waals surface area contributed by atoms with Crippen molar-refractivity contribution in [2.75, 3.05) is 13.2 Å². The normalized spacial score (nSPS) is 13.5. The molecule has 0 spiro atoms. The van der Waals surface area contributed by atoms with Crippen LogP contribution in [0.5, 0.6) is 0 Å². The van der Waals surface area contributed by atoms with Crippen molar-refractivity contribution in [3.8, 4) is 0 Å². The molecule has 0 bridgehead atoms. The van der Waals surface area contributed by atoms with E-state index in [1.54, 1.807) is 72.7 Å². The number of alkyl carbamates (subject to hydrolysis) is 1. The highest BCUT2D eigenvalue weighted by molar-refractivity contribution is 5.96. The molecule has 12 nitrogen and oxygen atoms in total. The van der Waals surface area contributed by atoms with Crippen LogP contribution in [0.15, 0.2) is 48.5 Å². The van der Waals surface area contributed by atoms with Gasteiger partial charge in [0, 0.05) is 13.0 Å². The Bertz CT molecular complexity index is 1380. The van der Waals surface area contributed by atoms with Crippen LogP contribution in [0.2, 0.25) is 0 Å². The van der Waals surface area contributed by atoms with E-state index in [-0.39, 0.29) is 13.0 Å². The monoisotopic (exact) mass is 640 g/mol. The summed E-state index contributed by atoms with van der Waals surface area (Å²) in [5, 5.41) is 15.2. The number of aliphatic hydroxyl groups excluding tert-OH is 1. The lowest BCUT2D eigenvalue weighted by molar-refractivity contribution is -0.159. The van der Waals surface area contributed by atoms with Crippen molar-refractivity contribution >= 4 is 29.8 Å². The Balaban J connectivity index is 2.63. The molecule has 3 atom stereocenters. The summed E-state index contributed by atoms with van der Waals surface area (Å²) in [6.45, 7) is 12.7. The minimum atomic E-state index is -1.52. The van der Waals surface area contributed by atoms with Crippen LogP contribution in [-0.2, 0) is 35.1 Å². The Labute approximate surface area is 271 Å². The molecule has 0 aliphatic heterocycles. The van der Waals surface area contributed by atoms with Crippen molar-refractivity contribution < 1.29 is 38.6 Å². The number of aliphatic hydroxyl groups is 1. The summed E-state index contributed by atoms with van der Waals surface area (Å²) >= 11 is 0. The van der Waals surface area contributed by atoms with Crippen LogP contribution in [0, 0.1) is 13.8 Å². The third kappa shape index (κ3) is 12.2. The summed E-state index contributed by atoms with van der Waals surface area (Å²) in [7, 11) is 0. The maximum absolute atomic E-state index is 14.3. The molecule has 5 N–H and O–H groups in total. The lowest BCUT2D eigenvalue weighted by atomic mass is 9.95. The number of esters is 1. The first-order valence-electron chi connectivity index (χ1n) is 15.1.